The molecule has 2 heterocycles. The van der Waals surface area contributed by atoms with E-state index in [0.29, 0.717) is 6.42 Å². The summed E-state index contributed by atoms with van der Waals surface area (Å²) in [6.07, 6.45) is 2.28. The summed E-state index contributed by atoms with van der Waals surface area (Å²) >= 11 is 0. The quantitative estimate of drug-likeness (QED) is 0.734. The predicted octanol–water partition coefficient (Wildman–Crippen LogP) is 3.26. The van der Waals surface area contributed by atoms with Crippen LogP contribution in [0.25, 0.3) is 16.9 Å². The van der Waals surface area contributed by atoms with Crippen LogP contribution in [0.5, 0.6) is 5.75 Å². The number of nitrogens with zero attached hydrogens (tertiary/aromatic N) is 3. The topological polar surface area (TPSA) is 46.8 Å². The van der Waals surface area contributed by atoms with Gasteiger partial charge in [0, 0.05) is 37.5 Å². The first kappa shape index (κ1) is 17.0. The number of carbonyl (C=O) groups excluding carboxylic acids is 1. The number of fused-ring (bicyclic) bond motifs is 1. The zero-order chi connectivity index (χ0) is 18.1. The number of imidazole rings is 1. The zero-order valence-electron chi connectivity index (χ0n) is 15.3. The van der Waals surface area contributed by atoms with Gasteiger partial charge in [-0.05, 0) is 13.8 Å². The number of carbonyl (C=O) groups is 1. The number of methoxy groups -OCH3 is 1. The number of likely N-dealkylation sites (N-methyl/N-ethyl adjacent to an activating group) is 1. The molecule has 5 heteroatoms. The molecule has 0 radical (unpaired) electrons. The van der Waals surface area contributed by atoms with Crippen LogP contribution in [-0.4, -0.2) is 41.4 Å². The molecule has 2 aromatic heterocycles. The maximum absolute atomic E-state index is 12.4. The number of hydrogen-bond acceptors (Lipinski definition) is 3. The zero-order valence-corrected chi connectivity index (χ0v) is 15.3. The van der Waals surface area contributed by atoms with Gasteiger partial charge in [0.25, 0.3) is 0 Å². The molecule has 0 N–H and O–H groups in total. The molecule has 0 aliphatic heterocycles. The summed E-state index contributed by atoms with van der Waals surface area (Å²) in [6, 6.07) is 10.1. The lowest BCUT2D eigenvalue weighted by atomic mass is 10.1. The molecule has 3 aromatic rings. The molecule has 0 spiro atoms. The molecule has 0 unspecified atom stereocenters. The molecule has 0 atom stereocenters. The highest BCUT2D eigenvalue weighted by Crippen LogP contribution is 2.29. The fourth-order valence-corrected chi connectivity index (χ4v) is 2.85. The van der Waals surface area contributed by atoms with Gasteiger partial charge in [0.1, 0.15) is 11.4 Å². The van der Waals surface area contributed by atoms with Crippen molar-refractivity contribution < 1.29 is 9.53 Å². The maximum atomic E-state index is 12.4. The largest absolute Gasteiger partial charge is 0.496 e. The molecule has 25 heavy (non-hydrogen) atoms. The van der Waals surface area contributed by atoms with Crippen LogP contribution in [0.1, 0.15) is 16.8 Å². The lowest BCUT2D eigenvalue weighted by molar-refractivity contribution is -0.128. The highest BCUT2D eigenvalue weighted by molar-refractivity contribution is 5.81. The third kappa shape index (κ3) is 3.22. The Balaban J connectivity index is 2.22. The summed E-state index contributed by atoms with van der Waals surface area (Å²) in [7, 11) is 5.19. The van der Waals surface area contributed by atoms with E-state index in [-0.39, 0.29) is 5.91 Å². The number of ether oxygens (including phenoxy) is 1. The number of amides is 1. The third-order valence-corrected chi connectivity index (χ3v) is 4.37. The van der Waals surface area contributed by atoms with Gasteiger partial charge in [-0.2, -0.15) is 0 Å². The summed E-state index contributed by atoms with van der Waals surface area (Å²) in [4.78, 5) is 18.8. The summed E-state index contributed by atoms with van der Waals surface area (Å²) in [5, 5.41) is 0. The molecule has 1 aromatic carbocycles. The van der Waals surface area contributed by atoms with Gasteiger partial charge in [-0.15, -0.1) is 0 Å². The molecule has 3 rings (SSSR count). The van der Waals surface area contributed by atoms with Crippen molar-refractivity contribution in [2.75, 3.05) is 21.2 Å². The normalized spacial score (nSPS) is 10.9. The monoisotopic (exact) mass is 337 g/mol. The van der Waals surface area contributed by atoms with Gasteiger partial charge in [-0.1, -0.05) is 29.8 Å². The van der Waals surface area contributed by atoms with Crippen LogP contribution in [0.3, 0.4) is 0 Å². The average molecular weight is 337 g/mol. The summed E-state index contributed by atoms with van der Waals surface area (Å²) < 4.78 is 7.41. The smallest absolute Gasteiger partial charge is 0.228 e. The number of aryl methyl sites for hydroxylation is 2. The molecule has 0 aliphatic rings. The predicted molar refractivity (Wildman–Crippen MR) is 99.1 cm³/mol. The number of pyridine rings is 1. The first-order valence-electron chi connectivity index (χ1n) is 8.23. The number of benzene rings is 1. The van der Waals surface area contributed by atoms with Crippen molar-refractivity contribution in [1.29, 1.82) is 0 Å². The first-order chi connectivity index (χ1) is 11.9. The van der Waals surface area contributed by atoms with Gasteiger partial charge < -0.3 is 14.0 Å². The lowest BCUT2D eigenvalue weighted by Crippen LogP contribution is -2.24. The highest BCUT2D eigenvalue weighted by Gasteiger charge is 2.19. The van der Waals surface area contributed by atoms with Crippen molar-refractivity contribution in [3.63, 3.8) is 0 Å². The second-order valence-corrected chi connectivity index (χ2v) is 6.49. The van der Waals surface area contributed by atoms with E-state index >= 15 is 0 Å². The molecular formula is C20H23N3O2. The van der Waals surface area contributed by atoms with Gasteiger partial charge in [-0.25, -0.2) is 4.98 Å². The Morgan fingerprint density at radius 2 is 1.88 bits per heavy atom. The summed E-state index contributed by atoms with van der Waals surface area (Å²) in [5.74, 6) is 0.835. The van der Waals surface area contributed by atoms with E-state index < -0.39 is 0 Å². The Morgan fingerprint density at radius 1 is 1.20 bits per heavy atom. The minimum Gasteiger partial charge on any atom is -0.496 e. The summed E-state index contributed by atoms with van der Waals surface area (Å²) in [6.45, 7) is 4.04. The molecular weight excluding hydrogens is 314 g/mol. The molecule has 5 nitrogen and oxygen atoms in total. The van der Waals surface area contributed by atoms with Gasteiger partial charge in [-0.3, -0.25) is 4.79 Å². The molecule has 0 bridgehead atoms. The van der Waals surface area contributed by atoms with Crippen LogP contribution in [0.15, 0.2) is 36.5 Å². The first-order valence-corrected chi connectivity index (χ1v) is 8.23. The fourth-order valence-electron chi connectivity index (χ4n) is 2.85. The minimum absolute atomic E-state index is 0.0450. The van der Waals surface area contributed by atoms with Crippen molar-refractivity contribution in [2.24, 2.45) is 0 Å². The molecule has 130 valence electrons. The van der Waals surface area contributed by atoms with Crippen molar-refractivity contribution in [3.05, 3.63) is 53.3 Å². The molecule has 0 saturated heterocycles. The van der Waals surface area contributed by atoms with Gasteiger partial charge in [0.05, 0.1) is 24.9 Å². The van der Waals surface area contributed by atoms with E-state index in [1.165, 1.54) is 5.56 Å². The minimum atomic E-state index is 0.0450. The van der Waals surface area contributed by atoms with Crippen molar-refractivity contribution in [2.45, 2.75) is 20.3 Å². The van der Waals surface area contributed by atoms with E-state index in [9.17, 15) is 4.79 Å². The summed E-state index contributed by atoms with van der Waals surface area (Å²) in [5.41, 5.74) is 5.70. The van der Waals surface area contributed by atoms with E-state index in [2.05, 4.69) is 19.1 Å². The fraction of sp³-hybridized carbons (Fsp3) is 0.300. The Morgan fingerprint density at radius 3 is 2.48 bits per heavy atom. The van der Waals surface area contributed by atoms with Crippen LogP contribution in [0.2, 0.25) is 0 Å². The van der Waals surface area contributed by atoms with E-state index in [1.54, 1.807) is 26.1 Å². The number of hydrogen-bond donors (Lipinski definition) is 0. The van der Waals surface area contributed by atoms with Gasteiger partial charge >= 0.3 is 0 Å². The third-order valence-electron chi connectivity index (χ3n) is 4.37. The van der Waals surface area contributed by atoms with Gasteiger partial charge in [0.2, 0.25) is 5.91 Å². The molecule has 0 fully saturated rings. The Hall–Kier alpha value is -2.82. The average Bonchev–Trinajstić information content (AvgIpc) is 2.92. The van der Waals surface area contributed by atoms with E-state index in [1.807, 2.05) is 35.7 Å². The van der Waals surface area contributed by atoms with Crippen LogP contribution >= 0.6 is 0 Å². The number of rotatable bonds is 4. The van der Waals surface area contributed by atoms with Crippen LogP contribution in [0, 0.1) is 13.8 Å². The number of aromatic nitrogens is 2. The SMILES string of the molecule is COc1cc2nc(-c3ccc(C)cc3)c(CC(=O)N(C)C)n2cc1C. The molecule has 0 saturated carbocycles. The second kappa shape index (κ2) is 6.59. The van der Waals surface area contributed by atoms with Crippen LogP contribution < -0.4 is 4.74 Å². The highest BCUT2D eigenvalue weighted by atomic mass is 16.5. The Labute approximate surface area is 147 Å². The molecule has 0 aliphatic carbocycles. The van der Waals surface area contributed by atoms with Crippen molar-refractivity contribution >= 4 is 11.6 Å². The Kier molecular flexibility index (Phi) is 4.49. The molecule has 1 amide bonds. The van der Waals surface area contributed by atoms with Crippen LogP contribution in [0.4, 0.5) is 0 Å². The lowest BCUT2D eigenvalue weighted by Gasteiger charge is -2.12. The maximum Gasteiger partial charge on any atom is 0.228 e. The van der Waals surface area contributed by atoms with Gasteiger partial charge in [0.15, 0.2) is 0 Å². The second-order valence-electron chi connectivity index (χ2n) is 6.49. The standard InChI is InChI=1S/C20H23N3O2/c1-13-6-8-15(9-7-13)20-16(10-19(24)22(3)4)23-12-14(2)17(25-5)11-18(23)21-20/h6-9,11-12H,10H2,1-5H3. The van der Waals surface area contributed by atoms with E-state index in [0.717, 1.165) is 33.9 Å². The van der Waals surface area contributed by atoms with Crippen LogP contribution in [-0.2, 0) is 11.2 Å². The Bertz CT molecular complexity index is 924. The van der Waals surface area contributed by atoms with Crippen molar-refractivity contribution in [1.82, 2.24) is 14.3 Å². The van der Waals surface area contributed by atoms with E-state index in [4.69, 9.17) is 9.72 Å². The van der Waals surface area contributed by atoms with Crippen molar-refractivity contribution in [3.8, 4) is 17.0 Å².